The molecule has 1 rings (SSSR count). The van der Waals surface area contributed by atoms with Gasteiger partial charge in [0.25, 0.3) is 5.91 Å². The molecule has 0 radical (unpaired) electrons. The van der Waals surface area contributed by atoms with Gasteiger partial charge in [-0.2, -0.15) is 0 Å². The van der Waals surface area contributed by atoms with Crippen molar-refractivity contribution < 1.29 is 14.7 Å². The summed E-state index contributed by atoms with van der Waals surface area (Å²) in [5.41, 5.74) is 6.47. The minimum Gasteiger partial charge on any atom is -0.481 e. The molecule has 6 nitrogen and oxygen atoms in total. The van der Waals surface area contributed by atoms with Crippen LogP contribution >= 0.6 is 0 Å². The van der Waals surface area contributed by atoms with Gasteiger partial charge in [0.15, 0.2) is 0 Å². The second kappa shape index (κ2) is 6.72. The number of anilines is 1. The van der Waals surface area contributed by atoms with Crippen molar-refractivity contribution in [3.8, 4) is 0 Å². The van der Waals surface area contributed by atoms with Crippen molar-refractivity contribution in [1.82, 2.24) is 4.98 Å². The average Bonchev–Trinajstić information content (AvgIpc) is 2.33. The molecular weight excluding hydrogens is 246 g/mol. The number of carboxylic acid groups (broad SMARTS) is 1. The Hall–Kier alpha value is -2.11. The van der Waals surface area contributed by atoms with Crippen LogP contribution in [0.25, 0.3) is 0 Å². The summed E-state index contributed by atoms with van der Waals surface area (Å²) in [6, 6.07) is 1.72. The minimum atomic E-state index is -0.807. The Morgan fingerprint density at radius 2 is 2.21 bits per heavy atom. The molecule has 0 aliphatic carbocycles. The first kappa shape index (κ1) is 14.9. The number of carboxylic acids is 1. The zero-order valence-electron chi connectivity index (χ0n) is 11.1. The molecule has 0 fully saturated rings. The predicted octanol–water partition coefficient (Wildman–Crippen LogP) is 1.40. The van der Waals surface area contributed by atoms with Crippen LogP contribution in [0.5, 0.6) is 0 Å². The lowest BCUT2D eigenvalue weighted by Crippen LogP contribution is -2.20. The van der Waals surface area contributed by atoms with Gasteiger partial charge in [-0.1, -0.05) is 6.92 Å². The van der Waals surface area contributed by atoms with Gasteiger partial charge in [0.1, 0.15) is 5.82 Å². The second-order valence-electron chi connectivity index (χ2n) is 4.63. The van der Waals surface area contributed by atoms with Crippen LogP contribution in [0.1, 0.15) is 35.7 Å². The van der Waals surface area contributed by atoms with Crippen LogP contribution in [-0.4, -0.2) is 28.5 Å². The zero-order valence-corrected chi connectivity index (χ0v) is 11.1. The standard InChI is InChI=1S/C13H19N3O3/c1-8(3-4-10(17)18)7-16-13-11(12(14)19)9(2)5-6-15-13/h5-6,8H,3-4,7H2,1-2H3,(H2,14,19)(H,15,16)(H,17,18). The molecule has 1 unspecified atom stereocenters. The number of pyridine rings is 1. The third kappa shape index (κ3) is 4.57. The fourth-order valence-corrected chi connectivity index (χ4v) is 1.75. The molecule has 1 amide bonds. The summed E-state index contributed by atoms with van der Waals surface area (Å²) >= 11 is 0. The molecule has 0 saturated heterocycles. The number of carbonyl (C=O) groups excluding carboxylic acids is 1. The van der Waals surface area contributed by atoms with E-state index in [1.54, 1.807) is 19.2 Å². The topological polar surface area (TPSA) is 105 Å². The third-order valence-electron chi connectivity index (χ3n) is 2.87. The number of amides is 1. The fourth-order valence-electron chi connectivity index (χ4n) is 1.75. The summed E-state index contributed by atoms with van der Waals surface area (Å²) in [4.78, 5) is 25.9. The van der Waals surface area contributed by atoms with Crippen LogP contribution < -0.4 is 11.1 Å². The zero-order chi connectivity index (χ0) is 14.4. The first-order valence-electron chi connectivity index (χ1n) is 6.13. The molecular formula is C13H19N3O3. The van der Waals surface area contributed by atoms with Gasteiger partial charge >= 0.3 is 5.97 Å². The van der Waals surface area contributed by atoms with Crippen LogP contribution in [0.15, 0.2) is 12.3 Å². The second-order valence-corrected chi connectivity index (χ2v) is 4.63. The number of carbonyl (C=O) groups is 2. The number of aromatic nitrogens is 1. The van der Waals surface area contributed by atoms with E-state index in [4.69, 9.17) is 10.8 Å². The molecule has 0 spiro atoms. The number of nitrogens with zero attached hydrogens (tertiary/aromatic N) is 1. The Bertz CT molecular complexity index is 474. The highest BCUT2D eigenvalue weighted by Crippen LogP contribution is 2.17. The molecule has 0 aromatic carbocycles. The molecule has 1 aromatic heterocycles. The van der Waals surface area contributed by atoms with Crippen molar-refractivity contribution in [2.45, 2.75) is 26.7 Å². The van der Waals surface area contributed by atoms with Crippen LogP contribution in [-0.2, 0) is 4.79 Å². The smallest absolute Gasteiger partial charge is 0.303 e. The van der Waals surface area contributed by atoms with Gasteiger partial charge in [0.2, 0.25) is 0 Å². The SMILES string of the molecule is Cc1ccnc(NCC(C)CCC(=O)O)c1C(N)=O. The average molecular weight is 265 g/mol. The lowest BCUT2D eigenvalue weighted by atomic mass is 10.1. The van der Waals surface area contributed by atoms with E-state index in [0.717, 1.165) is 5.56 Å². The maximum absolute atomic E-state index is 11.4. The Labute approximate surface area is 112 Å². The summed E-state index contributed by atoms with van der Waals surface area (Å²) in [5, 5.41) is 11.7. The summed E-state index contributed by atoms with van der Waals surface area (Å²) in [7, 11) is 0. The third-order valence-corrected chi connectivity index (χ3v) is 2.87. The normalized spacial score (nSPS) is 11.9. The number of hydrogen-bond acceptors (Lipinski definition) is 4. The molecule has 0 aliphatic rings. The summed E-state index contributed by atoms with van der Waals surface area (Å²) in [6.45, 7) is 4.28. The van der Waals surface area contributed by atoms with Gasteiger partial charge in [0, 0.05) is 19.2 Å². The quantitative estimate of drug-likeness (QED) is 0.691. The summed E-state index contributed by atoms with van der Waals surface area (Å²) in [6.07, 6.45) is 2.30. The van der Waals surface area contributed by atoms with Crippen LogP contribution in [0.4, 0.5) is 5.82 Å². The highest BCUT2D eigenvalue weighted by molar-refractivity contribution is 5.98. The van der Waals surface area contributed by atoms with Gasteiger partial charge in [-0.05, 0) is 30.9 Å². The van der Waals surface area contributed by atoms with E-state index in [0.29, 0.717) is 24.3 Å². The number of nitrogens with one attached hydrogen (secondary N) is 1. The van der Waals surface area contributed by atoms with Gasteiger partial charge in [-0.25, -0.2) is 4.98 Å². The maximum Gasteiger partial charge on any atom is 0.303 e. The molecule has 0 aliphatic heterocycles. The number of aryl methyl sites for hydroxylation is 1. The van der Waals surface area contributed by atoms with E-state index in [-0.39, 0.29) is 12.3 Å². The molecule has 0 bridgehead atoms. The van der Waals surface area contributed by atoms with Gasteiger partial charge in [0.05, 0.1) is 5.56 Å². The van der Waals surface area contributed by atoms with Crippen molar-refractivity contribution in [3.63, 3.8) is 0 Å². The Morgan fingerprint density at radius 3 is 2.79 bits per heavy atom. The van der Waals surface area contributed by atoms with Crippen molar-refractivity contribution >= 4 is 17.7 Å². The monoisotopic (exact) mass is 265 g/mol. The Balaban J connectivity index is 2.65. The van der Waals surface area contributed by atoms with Crippen molar-refractivity contribution in [2.75, 3.05) is 11.9 Å². The minimum absolute atomic E-state index is 0.132. The number of aliphatic carboxylic acids is 1. The first-order chi connectivity index (χ1) is 8.91. The number of rotatable bonds is 7. The van der Waals surface area contributed by atoms with E-state index in [2.05, 4.69) is 10.3 Å². The molecule has 1 heterocycles. The molecule has 19 heavy (non-hydrogen) atoms. The Morgan fingerprint density at radius 1 is 1.53 bits per heavy atom. The van der Waals surface area contributed by atoms with E-state index in [9.17, 15) is 9.59 Å². The number of nitrogens with two attached hydrogens (primary N) is 1. The molecule has 1 atom stereocenters. The van der Waals surface area contributed by atoms with Crippen molar-refractivity contribution in [3.05, 3.63) is 23.4 Å². The molecule has 0 saturated carbocycles. The molecule has 6 heteroatoms. The van der Waals surface area contributed by atoms with E-state index in [1.165, 1.54) is 0 Å². The highest BCUT2D eigenvalue weighted by Gasteiger charge is 2.13. The fraction of sp³-hybridized carbons (Fsp3) is 0.462. The van der Waals surface area contributed by atoms with E-state index >= 15 is 0 Å². The Kier molecular flexibility index (Phi) is 5.29. The highest BCUT2D eigenvalue weighted by atomic mass is 16.4. The van der Waals surface area contributed by atoms with Crippen molar-refractivity contribution in [1.29, 1.82) is 0 Å². The van der Waals surface area contributed by atoms with E-state index in [1.807, 2.05) is 6.92 Å². The van der Waals surface area contributed by atoms with Crippen LogP contribution in [0.3, 0.4) is 0 Å². The molecule has 1 aromatic rings. The van der Waals surface area contributed by atoms with Gasteiger partial charge in [-0.3, -0.25) is 9.59 Å². The maximum atomic E-state index is 11.4. The predicted molar refractivity (Wildman–Crippen MR) is 72.0 cm³/mol. The molecule has 4 N–H and O–H groups in total. The van der Waals surface area contributed by atoms with Crippen molar-refractivity contribution in [2.24, 2.45) is 11.7 Å². The van der Waals surface area contributed by atoms with Gasteiger partial charge < -0.3 is 16.2 Å². The first-order valence-corrected chi connectivity index (χ1v) is 6.13. The largest absolute Gasteiger partial charge is 0.481 e. The summed E-state index contributed by atoms with van der Waals surface area (Å²) < 4.78 is 0. The van der Waals surface area contributed by atoms with Crippen LogP contribution in [0.2, 0.25) is 0 Å². The number of primary amides is 1. The van der Waals surface area contributed by atoms with E-state index < -0.39 is 11.9 Å². The van der Waals surface area contributed by atoms with Gasteiger partial charge in [-0.15, -0.1) is 0 Å². The lowest BCUT2D eigenvalue weighted by molar-refractivity contribution is -0.137. The summed E-state index contributed by atoms with van der Waals surface area (Å²) in [5.74, 6) is -0.710. The van der Waals surface area contributed by atoms with Crippen LogP contribution in [0, 0.1) is 12.8 Å². The number of hydrogen-bond donors (Lipinski definition) is 3. The molecule has 104 valence electrons. The lowest BCUT2D eigenvalue weighted by Gasteiger charge is -2.14.